The molecule has 0 aromatic heterocycles. The minimum Gasteiger partial charge on any atom is -0.487 e. The zero-order chi connectivity index (χ0) is 18.0. The number of rotatable bonds is 5. The number of aliphatic imine (C=N–C) groups is 1. The van der Waals surface area contributed by atoms with E-state index in [1.807, 2.05) is 13.1 Å². The first-order valence-corrected chi connectivity index (χ1v) is 9.31. The van der Waals surface area contributed by atoms with Crippen LogP contribution in [0.3, 0.4) is 0 Å². The normalized spacial score (nSPS) is 23.6. The standard InChI is InChI=1S/C20H32N4O/c1-20(2)12-16(15-8-6-7-9-18(15)25-20)23-19(21-3)22-13-17(24(4)5)14-10-11-14/h6-9,14,16-17H,10-13H2,1-5H3,(H2,21,22,23). The van der Waals surface area contributed by atoms with Crippen molar-refractivity contribution in [3.8, 4) is 5.75 Å². The molecule has 5 nitrogen and oxygen atoms in total. The van der Waals surface area contributed by atoms with E-state index in [0.29, 0.717) is 6.04 Å². The summed E-state index contributed by atoms with van der Waals surface area (Å²) >= 11 is 0. The number of likely N-dealkylation sites (N-methyl/N-ethyl adjacent to an activating group) is 1. The second-order valence-electron chi connectivity index (χ2n) is 8.12. The van der Waals surface area contributed by atoms with Gasteiger partial charge in [-0.15, -0.1) is 0 Å². The Hall–Kier alpha value is -1.75. The first kappa shape index (κ1) is 18.1. The van der Waals surface area contributed by atoms with E-state index >= 15 is 0 Å². The highest BCUT2D eigenvalue weighted by atomic mass is 16.5. The molecule has 2 atom stereocenters. The Kier molecular flexibility index (Phi) is 5.23. The number of para-hydroxylation sites is 1. The number of benzene rings is 1. The predicted molar refractivity (Wildman–Crippen MR) is 103 cm³/mol. The number of hydrogen-bond acceptors (Lipinski definition) is 3. The Morgan fingerprint density at radius 2 is 2.04 bits per heavy atom. The Bertz CT molecular complexity index is 620. The van der Waals surface area contributed by atoms with Crippen molar-refractivity contribution in [2.24, 2.45) is 10.9 Å². The van der Waals surface area contributed by atoms with Crippen LogP contribution in [0.1, 0.15) is 44.7 Å². The number of ether oxygens (including phenoxy) is 1. The van der Waals surface area contributed by atoms with Crippen molar-refractivity contribution in [3.63, 3.8) is 0 Å². The van der Waals surface area contributed by atoms with E-state index in [1.54, 1.807) is 0 Å². The first-order chi connectivity index (χ1) is 11.9. The monoisotopic (exact) mass is 344 g/mol. The van der Waals surface area contributed by atoms with E-state index < -0.39 is 0 Å². The third-order valence-electron chi connectivity index (χ3n) is 5.22. The molecule has 2 aliphatic rings. The maximum Gasteiger partial charge on any atom is 0.191 e. The SMILES string of the molecule is CN=C(NCC(C1CC1)N(C)C)NC1CC(C)(C)Oc2ccccc21. The maximum atomic E-state index is 6.13. The fraction of sp³-hybridized carbons (Fsp3) is 0.650. The molecule has 2 unspecified atom stereocenters. The Labute approximate surface area is 151 Å². The summed E-state index contributed by atoms with van der Waals surface area (Å²) in [5.74, 6) is 2.66. The molecule has 0 bridgehead atoms. The third kappa shape index (κ3) is 4.46. The van der Waals surface area contributed by atoms with Gasteiger partial charge in [-0.05, 0) is 52.8 Å². The van der Waals surface area contributed by atoms with E-state index in [4.69, 9.17) is 4.74 Å². The van der Waals surface area contributed by atoms with Gasteiger partial charge in [0.25, 0.3) is 0 Å². The van der Waals surface area contributed by atoms with Gasteiger partial charge in [0.05, 0.1) is 6.04 Å². The molecular weight excluding hydrogens is 312 g/mol. The van der Waals surface area contributed by atoms with Crippen molar-refractivity contribution >= 4 is 5.96 Å². The van der Waals surface area contributed by atoms with Gasteiger partial charge in [0.15, 0.2) is 5.96 Å². The maximum absolute atomic E-state index is 6.13. The van der Waals surface area contributed by atoms with Crippen molar-refractivity contribution in [2.45, 2.75) is 50.8 Å². The molecule has 0 spiro atoms. The summed E-state index contributed by atoms with van der Waals surface area (Å²) in [7, 11) is 6.17. The van der Waals surface area contributed by atoms with Crippen molar-refractivity contribution in [1.82, 2.24) is 15.5 Å². The van der Waals surface area contributed by atoms with Gasteiger partial charge in [-0.3, -0.25) is 4.99 Å². The first-order valence-electron chi connectivity index (χ1n) is 9.31. The molecule has 1 aliphatic carbocycles. The van der Waals surface area contributed by atoms with Crippen molar-refractivity contribution < 1.29 is 4.74 Å². The lowest BCUT2D eigenvalue weighted by Crippen LogP contribution is -2.49. The number of guanidine groups is 1. The lowest BCUT2D eigenvalue weighted by Gasteiger charge is -2.38. The van der Waals surface area contributed by atoms with Crippen LogP contribution in [0.2, 0.25) is 0 Å². The summed E-state index contributed by atoms with van der Waals surface area (Å²) in [6.07, 6.45) is 3.60. The van der Waals surface area contributed by atoms with Crippen LogP contribution in [0, 0.1) is 5.92 Å². The van der Waals surface area contributed by atoms with Crippen LogP contribution in [-0.2, 0) is 0 Å². The summed E-state index contributed by atoms with van der Waals surface area (Å²) in [5.41, 5.74) is 1.02. The van der Waals surface area contributed by atoms with Gasteiger partial charge >= 0.3 is 0 Å². The van der Waals surface area contributed by atoms with Crippen LogP contribution >= 0.6 is 0 Å². The number of hydrogen-bond donors (Lipinski definition) is 2. The van der Waals surface area contributed by atoms with Crippen LogP contribution in [0.25, 0.3) is 0 Å². The average Bonchev–Trinajstić information content (AvgIpc) is 3.37. The van der Waals surface area contributed by atoms with Gasteiger partial charge in [0.2, 0.25) is 0 Å². The summed E-state index contributed by atoms with van der Waals surface area (Å²) < 4.78 is 6.13. The molecule has 5 heteroatoms. The molecule has 2 N–H and O–H groups in total. The lowest BCUT2D eigenvalue weighted by molar-refractivity contribution is 0.0694. The minimum absolute atomic E-state index is 0.189. The summed E-state index contributed by atoms with van der Waals surface area (Å²) in [4.78, 5) is 6.77. The van der Waals surface area contributed by atoms with Crippen LogP contribution in [0.5, 0.6) is 5.75 Å². The Balaban J connectivity index is 1.67. The summed E-state index contributed by atoms with van der Waals surface area (Å²) in [5, 5.41) is 7.15. The second-order valence-corrected chi connectivity index (χ2v) is 8.12. The van der Waals surface area contributed by atoms with Crippen LogP contribution < -0.4 is 15.4 Å². The van der Waals surface area contributed by atoms with Crippen LogP contribution in [0.15, 0.2) is 29.3 Å². The molecule has 3 rings (SSSR count). The van der Waals surface area contributed by atoms with Gasteiger partial charge in [0.1, 0.15) is 11.4 Å². The zero-order valence-electron chi connectivity index (χ0n) is 16.2. The van der Waals surface area contributed by atoms with E-state index in [1.165, 1.54) is 18.4 Å². The fourth-order valence-corrected chi connectivity index (χ4v) is 3.74. The van der Waals surface area contributed by atoms with Gasteiger partial charge in [-0.1, -0.05) is 18.2 Å². The minimum atomic E-state index is -0.189. The van der Waals surface area contributed by atoms with Gasteiger partial charge in [-0.2, -0.15) is 0 Å². The molecule has 1 aromatic rings. The fourth-order valence-electron chi connectivity index (χ4n) is 3.74. The number of nitrogens with one attached hydrogen (secondary N) is 2. The van der Waals surface area contributed by atoms with E-state index in [9.17, 15) is 0 Å². The highest BCUT2D eigenvalue weighted by molar-refractivity contribution is 5.80. The molecule has 1 aliphatic heterocycles. The predicted octanol–water partition coefficient (Wildman–Crippen LogP) is 2.79. The Morgan fingerprint density at radius 1 is 1.32 bits per heavy atom. The molecule has 0 radical (unpaired) electrons. The van der Waals surface area contributed by atoms with Crippen molar-refractivity contribution in [3.05, 3.63) is 29.8 Å². The molecule has 1 saturated carbocycles. The highest BCUT2D eigenvalue weighted by Crippen LogP contribution is 2.39. The largest absolute Gasteiger partial charge is 0.487 e. The third-order valence-corrected chi connectivity index (χ3v) is 5.22. The second kappa shape index (κ2) is 7.24. The molecule has 25 heavy (non-hydrogen) atoms. The van der Waals surface area contributed by atoms with E-state index in [0.717, 1.165) is 30.6 Å². The van der Waals surface area contributed by atoms with Crippen molar-refractivity contribution in [2.75, 3.05) is 27.7 Å². The smallest absolute Gasteiger partial charge is 0.191 e. The Morgan fingerprint density at radius 3 is 2.68 bits per heavy atom. The zero-order valence-corrected chi connectivity index (χ0v) is 16.2. The number of nitrogens with zero attached hydrogens (tertiary/aromatic N) is 2. The van der Waals surface area contributed by atoms with Gasteiger partial charge < -0.3 is 20.3 Å². The van der Waals surface area contributed by atoms with Gasteiger partial charge in [0, 0.05) is 31.6 Å². The molecule has 1 fully saturated rings. The average molecular weight is 345 g/mol. The van der Waals surface area contributed by atoms with Crippen molar-refractivity contribution in [1.29, 1.82) is 0 Å². The van der Waals surface area contributed by atoms with E-state index in [2.05, 4.69) is 66.7 Å². The number of fused-ring (bicyclic) bond motifs is 1. The summed E-state index contributed by atoms with van der Waals surface area (Å²) in [6, 6.07) is 9.06. The van der Waals surface area contributed by atoms with Crippen LogP contribution in [-0.4, -0.2) is 50.2 Å². The van der Waals surface area contributed by atoms with Crippen LogP contribution in [0.4, 0.5) is 0 Å². The molecule has 1 aromatic carbocycles. The molecular formula is C20H32N4O. The lowest BCUT2D eigenvalue weighted by atomic mass is 9.90. The van der Waals surface area contributed by atoms with Gasteiger partial charge in [-0.25, -0.2) is 0 Å². The summed E-state index contributed by atoms with van der Waals surface area (Å²) in [6.45, 7) is 5.21. The highest BCUT2D eigenvalue weighted by Gasteiger charge is 2.35. The quantitative estimate of drug-likeness (QED) is 0.637. The van der Waals surface area contributed by atoms with E-state index in [-0.39, 0.29) is 11.6 Å². The molecule has 1 heterocycles. The molecule has 0 amide bonds. The topological polar surface area (TPSA) is 48.9 Å². The molecule has 0 saturated heterocycles. The molecule has 138 valence electrons.